The van der Waals surface area contributed by atoms with Gasteiger partial charge in [-0.25, -0.2) is 0 Å². The molecule has 1 aliphatic rings. The van der Waals surface area contributed by atoms with E-state index < -0.39 is 0 Å². The highest BCUT2D eigenvalue weighted by molar-refractivity contribution is 5.50. The fourth-order valence-electron chi connectivity index (χ4n) is 2.63. The second kappa shape index (κ2) is 5.41. The number of piperidine rings is 1. The van der Waals surface area contributed by atoms with E-state index >= 15 is 0 Å². The Labute approximate surface area is 103 Å². The zero-order valence-electron chi connectivity index (χ0n) is 10.9. The second-order valence-corrected chi connectivity index (χ2v) is 4.56. The van der Waals surface area contributed by atoms with Crippen LogP contribution in [-0.2, 0) is 0 Å². The van der Waals surface area contributed by atoms with Crippen molar-refractivity contribution in [2.75, 3.05) is 27.3 Å². The van der Waals surface area contributed by atoms with Gasteiger partial charge in [-0.3, -0.25) is 0 Å². The van der Waals surface area contributed by atoms with Gasteiger partial charge >= 0.3 is 0 Å². The topological polar surface area (TPSA) is 30.5 Å². The molecule has 0 aromatic heterocycles. The van der Waals surface area contributed by atoms with Gasteiger partial charge in [0.2, 0.25) is 0 Å². The molecule has 1 unspecified atom stereocenters. The summed E-state index contributed by atoms with van der Waals surface area (Å²) in [6, 6.07) is 4.18. The molecule has 1 aromatic rings. The first-order valence-electron chi connectivity index (χ1n) is 6.20. The summed E-state index contributed by atoms with van der Waals surface area (Å²) in [5.74, 6) is 2.44. The van der Waals surface area contributed by atoms with Crippen LogP contribution in [0, 0.1) is 6.92 Å². The number of benzene rings is 1. The highest BCUT2D eigenvalue weighted by Crippen LogP contribution is 2.37. The minimum absolute atomic E-state index is 0.559. The fraction of sp³-hybridized carbons (Fsp3) is 0.571. The molecule has 1 N–H and O–H groups in total. The van der Waals surface area contributed by atoms with E-state index in [0.29, 0.717) is 5.92 Å². The Balaban J connectivity index is 2.35. The Morgan fingerprint density at radius 2 is 2.06 bits per heavy atom. The smallest absolute Gasteiger partial charge is 0.128 e. The van der Waals surface area contributed by atoms with E-state index in [1.54, 1.807) is 14.2 Å². The van der Waals surface area contributed by atoms with Crippen LogP contribution in [-0.4, -0.2) is 27.3 Å². The number of rotatable bonds is 3. The minimum Gasteiger partial charge on any atom is -0.496 e. The third-order valence-electron chi connectivity index (χ3n) is 3.55. The Bertz CT molecular complexity index is 384. The van der Waals surface area contributed by atoms with Crippen molar-refractivity contribution >= 4 is 0 Å². The Morgan fingerprint density at radius 3 is 2.65 bits per heavy atom. The molecule has 94 valence electrons. The number of hydrogen-bond acceptors (Lipinski definition) is 3. The standard InChI is InChI=1S/C14H21NO2/c1-10-13(16-2)7-6-12(14(10)17-3)11-5-4-8-15-9-11/h6-7,11,15H,4-5,8-9H2,1-3H3. The van der Waals surface area contributed by atoms with Crippen molar-refractivity contribution in [3.05, 3.63) is 23.3 Å². The van der Waals surface area contributed by atoms with E-state index in [1.165, 1.54) is 18.4 Å². The van der Waals surface area contributed by atoms with E-state index in [0.717, 1.165) is 30.2 Å². The summed E-state index contributed by atoms with van der Waals surface area (Å²) in [6.45, 7) is 4.23. The number of methoxy groups -OCH3 is 2. The highest BCUT2D eigenvalue weighted by atomic mass is 16.5. The van der Waals surface area contributed by atoms with E-state index in [1.807, 2.05) is 6.07 Å². The third-order valence-corrected chi connectivity index (χ3v) is 3.55. The summed E-state index contributed by atoms with van der Waals surface area (Å²) in [4.78, 5) is 0. The van der Waals surface area contributed by atoms with Gasteiger partial charge < -0.3 is 14.8 Å². The van der Waals surface area contributed by atoms with Crippen LogP contribution in [0.5, 0.6) is 11.5 Å². The maximum atomic E-state index is 5.56. The van der Waals surface area contributed by atoms with Crippen molar-refractivity contribution in [1.29, 1.82) is 0 Å². The van der Waals surface area contributed by atoms with Crippen molar-refractivity contribution in [1.82, 2.24) is 5.32 Å². The Hall–Kier alpha value is -1.22. The van der Waals surface area contributed by atoms with E-state index in [9.17, 15) is 0 Å². The van der Waals surface area contributed by atoms with Crippen LogP contribution in [0.25, 0.3) is 0 Å². The first-order valence-corrected chi connectivity index (χ1v) is 6.20. The van der Waals surface area contributed by atoms with Crippen LogP contribution in [0.3, 0.4) is 0 Å². The maximum Gasteiger partial charge on any atom is 0.128 e. The summed E-state index contributed by atoms with van der Waals surface area (Å²) in [7, 11) is 3.44. The monoisotopic (exact) mass is 235 g/mol. The molecular formula is C14H21NO2. The molecule has 0 aliphatic carbocycles. The van der Waals surface area contributed by atoms with E-state index in [-0.39, 0.29) is 0 Å². The van der Waals surface area contributed by atoms with Gasteiger partial charge in [0.25, 0.3) is 0 Å². The first kappa shape index (κ1) is 12.2. The van der Waals surface area contributed by atoms with Gasteiger partial charge in [0, 0.05) is 18.0 Å². The summed E-state index contributed by atoms with van der Waals surface area (Å²) < 4.78 is 10.9. The number of nitrogens with one attached hydrogen (secondary N) is 1. The van der Waals surface area contributed by atoms with Crippen molar-refractivity contribution in [3.8, 4) is 11.5 Å². The molecule has 1 aliphatic heterocycles. The van der Waals surface area contributed by atoms with Crippen LogP contribution < -0.4 is 14.8 Å². The van der Waals surface area contributed by atoms with Crippen LogP contribution in [0.15, 0.2) is 12.1 Å². The largest absolute Gasteiger partial charge is 0.496 e. The Kier molecular flexibility index (Phi) is 3.89. The zero-order chi connectivity index (χ0) is 12.3. The predicted octanol–water partition coefficient (Wildman–Crippen LogP) is 2.48. The van der Waals surface area contributed by atoms with Gasteiger partial charge in [-0.15, -0.1) is 0 Å². The molecule has 0 saturated carbocycles. The quantitative estimate of drug-likeness (QED) is 0.873. The van der Waals surface area contributed by atoms with Gasteiger partial charge in [-0.1, -0.05) is 6.07 Å². The van der Waals surface area contributed by atoms with Crippen LogP contribution in [0.1, 0.15) is 29.9 Å². The average Bonchev–Trinajstić information content (AvgIpc) is 2.39. The average molecular weight is 235 g/mol. The second-order valence-electron chi connectivity index (χ2n) is 4.56. The van der Waals surface area contributed by atoms with Crippen molar-refractivity contribution in [2.45, 2.75) is 25.7 Å². The van der Waals surface area contributed by atoms with E-state index in [4.69, 9.17) is 9.47 Å². The van der Waals surface area contributed by atoms with Gasteiger partial charge in [-0.05, 0) is 37.9 Å². The summed E-state index contributed by atoms with van der Waals surface area (Å²) in [6.07, 6.45) is 2.47. The molecule has 1 heterocycles. The van der Waals surface area contributed by atoms with Gasteiger partial charge in [0.15, 0.2) is 0 Å². The van der Waals surface area contributed by atoms with Crippen LogP contribution in [0.2, 0.25) is 0 Å². The Morgan fingerprint density at radius 1 is 1.24 bits per heavy atom. The zero-order valence-corrected chi connectivity index (χ0v) is 10.9. The fourth-order valence-corrected chi connectivity index (χ4v) is 2.63. The molecule has 3 heteroatoms. The lowest BCUT2D eigenvalue weighted by Crippen LogP contribution is -2.28. The van der Waals surface area contributed by atoms with Crippen molar-refractivity contribution < 1.29 is 9.47 Å². The molecule has 0 spiro atoms. The number of hydrogen-bond donors (Lipinski definition) is 1. The van der Waals surface area contributed by atoms with Crippen molar-refractivity contribution in [3.63, 3.8) is 0 Å². The molecule has 0 bridgehead atoms. The molecule has 1 saturated heterocycles. The normalized spacial score (nSPS) is 20.1. The highest BCUT2D eigenvalue weighted by Gasteiger charge is 2.21. The first-order chi connectivity index (χ1) is 8.27. The number of ether oxygens (including phenoxy) is 2. The SMILES string of the molecule is COc1ccc(C2CCCNC2)c(OC)c1C. The lowest BCUT2D eigenvalue weighted by atomic mass is 9.89. The third kappa shape index (κ3) is 2.39. The molecular weight excluding hydrogens is 214 g/mol. The molecule has 1 fully saturated rings. The van der Waals surface area contributed by atoms with Crippen LogP contribution >= 0.6 is 0 Å². The molecule has 1 atom stereocenters. The molecule has 0 amide bonds. The van der Waals surface area contributed by atoms with Crippen molar-refractivity contribution in [2.24, 2.45) is 0 Å². The molecule has 3 nitrogen and oxygen atoms in total. The lowest BCUT2D eigenvalue weighted by Gasteiger charge is -2.26. The molecule has 2 rings (SSSR count). The predicted molar refractivity (Wildman–Crippen MR) is 69.1 cm³/mol. The van der Waals surface area contributed by atoms with Gasteiger partial charge in [0.1, 0.15) is 11.5 Å². The maximum absolute atomic E-state index is 5.56. The lowest BCUT2D eigenvalue weighted by molar-refractivity contribution is 0.375. The molecule has 0 radical (unpaired) electrons. The molecule has 17 heavy (non-hydrogen) atoms. The minimum atomic E-state index is 0.559. The summed E-state index contributed by atoms with van der Waals surface area (Å²) in [5.41, 5.74) is 2.40. The summed E-state index contributed by atoms with van der Waals surface area (Å²) in [5, 5.41) is 3.45. The van der Waals surface area contributed by atoms with Crippen LogP contribution in [0.4, 0.5) is 0 Å². The van der Waals surface area contributed by atoms with E-state index in [2.05, 4.69) is 18.3 Å². The van der Waals surface area contributed by atoms with Gasteiger partial charge in [-0.2, -0.15) is 0 Å². The molecule has 1 aromatic carbocycles. The van der Waals surface area contributed by atoms with Gasteiger partial charge in [0.05, 0.1) is 14.2 Å². The summed E-state index contributed by atoms with van der Waals surface area (Å²) >= 11 is 0.